The largest absolute Gasteiger partial charge is 0.490 e. The maximum absolute atomic E-state index is 12.4. The number of amides is 1. The molecule has 1 aliphatic rings. The second-order valence-corrected chi connectivity index (χ2v) is 6.89. The van der Waals surface area contributed by atoms with E-state index in [9.17, 15) is 14.4 Å². The number of carbonyl (C=O) groups excluding carboxylic acids is 3. The Morgan fingerprint density at radius 1 is 0.967 bits per heavy atom. The van der Waals surface area contributed by atoms with Gasteiger partial charge in [-0.3, -0.25) is 14.4 Å². The lowest BCUT2D eigenvalue weighted by molar-refractivity contribution is -0.147. The van der Waals surface area contributed by atoms with Crippen LogP contribution in [0.25, 0.3) is 0 Å². The Bertz CT molecular complexity index is 906. The lowest BCUT2D eigenvalue weighted by atomic mass is 10.1. The number of ketones is 1. The van der Waals surface area contributed by atoms with E-state index in [1.807, 2.05) is 19.1 Å². The average molecular weight is 411 g/mol. The van der Waals surface area contributed by atoms with E-state index in [0.717, 1.165) is 18.4 Å². The Hall–Kier alpha value is -3.35. The molecule has 0 bridgehead atoms. The van der Waals surface area contributed by atoms with E-state index < -0.39 is 18.5 Å². The molecule has 0 unspecified atom stereocenters. The Morgan fingerprint density at radius 2 is 1.70 bits per heavy atom. The zero-order chi connectivity index (χ0) is 21.3. The van der Waals surface area contributed by atoms with E-state index in [-0.39, 0.29) is 18.6 Å². The number of benzene rings is 2. The SMILES string of the molecule is CCc1ccc(NC(=O)COC(=O)CCC(=O)c2ccc3c(c2)OCCCO3)cc1. The van der Waals surface area contributed by atoms with Crippen LogP contribution in [0, 0.1) is 0 Å². The first-order valence-corrected chi connectivity index (χ1v) is 10.0. The molecule has 3 rings (SSSR count). The van der Waals surface area contributed by atoms with Crippen molar-refractivity contribution in [3.8, 4) is 11.5 Å². The minimum Gasteiger partial charge on any atom is -0.490 e. The van der Waals surface area contributed by atoms with Crippen molar-refractivity contribution in [2.24, 2.45) is 0 Å². The van der Waals surface area contributed by atoms with Gasteiger partial charge in [0, 0.05) is 24.1 Å². The highest BCUT2D eigenvalue weighted by molar-refractivity contribution is 5.98. The molecule has 7 nitrogen and oxygen atoms in total. The Morgan fingerprint density at radius 3 is 2.43 bits per heavy atom. The molecule has 0 aromatic heterocycles. The van der Waals surface area contributed by atoms with Crippen molar-refractivity contribution < 1.29 is 28.6 Å². The first-order chi connectivity index (χ1) is 14.5. The van der Waals surface area contributed by atoms with Crippen LogP contribution in [0.3, 0.4) is 0 Å². The zero-order valence-corrected chi connectivity index (χ0v) is 16.9. The van der Waals surface area contributed by atoms with Crippen molar-refractivity contribution in [2.45, 2.75) is 32.6 Å². The van der Waals surface area contributed by atoms with Gasteiger partial charge in [0.25, 0.3) is 5.91 Å². The molecular weight excluding hydrogens is 386 g/mol. The molecule has 0 saturated heterocycles. The van der Waals surface area contributed by atoms with E-state index in [1.165, 1.54) is 0 Å². The van der Waals surface area contributed by atoms with Crippen LogP contribution < -0.4 is 14.8 Å². The number of ether oxygens (including phenoxy) is 3. The summed E-state index contributed by atoms with van der Waals surface area (Å²) in [5.74, 6) is -0.0950. The van der Waals surface area contributed by atoms with Crippen molar-refractivity contribution >= 4 is 23.3 Å². The van der Waals surface area contributed by atoms with Gasteiger partial charge in [0.2, 0.25) is 0 Å². The van der Waals surface area contributed by atoms with Crippen LogP contribution in [0.15, 0.2) is 42.5 Å². The van der Waals surface area contributed by atoms with Gasteiger partial charge < -0.3 is 19.5 Å². The molecule has 0 aliphatic carbocycles. The molecule has 1 N–H and O–H groups in total. The number of carbonyl (C=O) groups is 3. The van der Waals surface area contributed by atoms with Gasteiger partial charge in [-0.1, -0.05) is 19.1 Å². The highest BCUT2D eigenvalue weighted by Gasteiger charge is 2.16. The minimum atomic E-state index is -0.603. The van der Waals surface area contributed by atoms with Gasteiger partial charge in [-0.2, -0.15) is 0 Å². The fourth-order valence-electron chi connectivity index (χ4n) is 2.94. The van der Waals surface area contributed by atoms with E-state index in [2.05, 4.69) is 5.32 Å². The number of fused-ring (bicyclic) bond motifs is 1. The molecule has 0 fully saturated rings. The second-order valence-electron chi connectivity index (χ2n) is 6.89. The predicted octanol–water partition coefficient (Wildman–Crippen LogP) is 3.56. The van der Waals surface area contributed by atoms with Crippen LogP contribution >= 0.6 is 0 Å². The van der Waals surface area contributed by atoms with Crippen LogP contribution in [-0.2, 0) is 20.7 Å². The normalized spacial score (nSPS) is 12.6. The number of hydrogen-bond donors (Lipinski definition) is 1. The molecule has 1 amide bonds. The highest BCUT2D eigenvalue weighted by Crippen LogP contribution is 2.30. The van der Waals surface area contributed by atoms with E-state index in [4.69, 9.17) is 14.2 Å². The maximum atomic E-state index is 12.4. The van der Waals surface area contributed by atoms with Gasteiger partial charge in [-0.25, -0.2) is 0 Å². The van der Waals surface area contributed by atoms with Crippen molar-refractivity contribution in [3.63, 3.8) is 0 Å². The van der Waals surface area contributed by atoms with Gasteiger partial charge >= 0.3 is 5.97 Å². The third-order valence-electron chi connectivity index (χ3n) is 4.64. The Kier molecular flexibility index (Phi) is 7.43. The number of aryl methyl sites for hydroxylation is 1. The smallest absolute Gasteiger partial charge is 0.306 e. The summed E-state index contributed by atoms with van der Waals surface area (Å²) < 4.78 is 16.1. The maximum Gasteiger partial charge on any atom is 0.306 e. The summed E-state index contributed by atoms with van der Waals surface area (Å²) in [5.41, 5.74) is 2.25. The third-order valence-corrected chi connectivity index (χ3v) is 4.64. The summed E-state index contributed by atoms with van der Waals surface area (Å²) in [7, 11) is 0. The van der Waals surface area contributed by atoms with Crippen LogP contribution in [0.5, 0.6) is 11.5 Å². The number of Topliss-reactive ketones (excluding diaryl/α,β-unsaturated/α-hetero) is 1. The summed E-state index contributed by atoms with van der Waals surface area (Å²) in [6.45, 7) is 2.75. The number of esters is 1. The van der Waals surface area contributed by atoms with Crippen LogP contribution in [-0.4, -0.2) is 37.5 Å². The van der Waals surface area contributed by atoms with Crippen LogP contribution in [0.4, 0.5) is 5.69 Å². The van der Waals surface area contributed by atoms with Crippen LogP contribution in [0.2, 0.25) is 0 Å². The third kappa shape index (κ3) is 6.07. The molecule has 0 saturated carbocycles. The average Bonchev–Trinajstić information content (AvgIpc) is 3.01. The lowest BCUT2D eigenvalue weighted by Gasteiger charge is -2.09. The highest BCUT2D eigenvalue weighted by atomic mass is 16.5. The molecule has 0 atom stereocenters. The Balaban J connectivity index is 1.42. The lowest BCUT2D eigenvalue weighted by Crippen LogP contribution is -2.21. The topological polar surface area (TPSA) is 90.9 Å². The first kappa shape index (κ1) is 21.4. The zero-order valence-electron chi connectivity index (χ0n) is 16.9. The number of anilines is 1. The molecule has 1 aliphatic heterocycles. The van der Waals surface area contributed by atoms with Crippen molar-refractivity contribution in [2.75, 3.05) is 25.1 Å². The Labute approximate surface area is 175 Å². The molecule has 1 heterocycles. The molecule has 0 spiro atoms. The molecule has 2 aromatic rings. The monoisotopic (exact) mass is 411 g/mol. The summed E-state index contributed by atoms with van der Waals surface area (Å²) in [5, 5.41) is 2.66. The molecule has 2 aromatic carbocycles. The molecule has 7 heteroatoms. The van der Waals surface area contributed by atoms with Crippen molar-refractivity contribution in [1.29, 1.82) is 0 Å². The molecule has 0 radical (unpaired) electrons. The molecule has 158 valence electrons. The standard InChI is InChI=1S/C23H25NO6/c1-2-16-4-7-18(8-5-16)24-22(26)15-30-23(27)11-9-19(25)17-6-10-20-21(14-17)29-13-3-12-28-20/h4-8,10,14H,2-3,9,11-13,15H2,1H3,(H,24,26). The first-order valence-electron chi connectivity index (χ1n) is 10.0. The molecule has 30 heavy (non-hydrogen) atoms. The summed E-state index contributed by atoms with van der Waals surface area (Å²) in [6.07, 6.45) is 1.57. The van der Waals surface area contributed by atoms with E-state index in [0.29, 0.717) is 36.0 Å². The predicted molar refractivity (Wildman–Crippen MR) is 111 cm³/mol. The van der Waals surface area contributed by atoms with E-state index >= 15 is 0 Å². The van der Waals surface area contributed by atoms with Gasteiger partial charge in [0.05, 0.1) is 19.6 Å². The molecular formula is C23H25NO6. The van der Waals surface area contributed by atoms with Gasteiger partial charge in [0.15, 0.2) is 23.9 Å². The van der Waals surface area contributed by atoms with Crippen LogP contribution in [0.1, 0.15) is 42.1 Å². The number of rotatable bonds is 8. The van der Waals surface area contributed by atoms with Crippen molar-refractivity contribution in [1.82, 2.24) is 0 Å². The summed E-state index contributed by atoms with van der Waals surface area (Å²) in [6, 6.07) is 12.4. The minimum absolute atomic E-state index is 0.0153. The quantitative estimate of drug-likeness (QED) is 0.528. The second kappa shape index (κ2) is 10.4. The van der Waals surface area contributed by atoms with Gasteiger partial charge in [-0.15, -0.1) is 0 Å². The summed E-state index contributed by atoms with van der Waals surface area (Å²) >= 11 is 0. The van der Waals surface area contributed by atoms with Crippen molar-refractivity contribution in [3.05, 3.63) is 53.6 Å². The van der Waals surface area contributed by atoms with Gasteiger partial charge in [0.1, 0.15) is 0 Å². The summed E-state index contributed by atoms with van der Waals surface area (Å²) in [4.78, 5) is 36.2. The van der Waals surface area contributed by atoms with Gasteiger partial charge in [-0.05, 0) is 42.3 Å². The van der Waals surface area contributed by atoms with E-state index in [1.54, 1.807) is 30.3 Å². The fraction of sp³-hybridized carbons (Fsp3) is 0.348. The number of nitrogens with one attached hydrogen (secondary N) is 1. The fourth-order valence-corrected chi connectivity index (χ4v) is 2.94. The number of hydrogen-bond acceptors (Lipinski definition) is 6.